The molecule has 0 amide bonds. The van der Waals surface area contributed by atoms with Crippen molar-refractivity contribution < 1.29 is 37.7 Å². The number of alkyl halides is 3. The first-order chi connectivity index (χ1) is 20.3. The SMILES string of the molecule is CCc1c(CCN2CCC(C(=O)O)CC2)cccc1-c1cnc(-c2ccc(OC(C)C)c(C#N)c2)s1.O=C(O)C(F)(F)F. The number of likely N-dealkylation sites (tertiary alicyclic amines) is 1. The lowest BCUT2D eigenvalue weighted by atomic mass is 9.94. The molecule has 1 fully saturated rings. The lowest BCUT2D eigenvalue weighted by Gasteiger charge is -2.30. The second-order valence-electron chi connectivity index (χ2n) is 10.3. The molecule has 1 aliphatic heterocycles. The molecule has 1 saturated heterocycles. The molecule has 230 valence electrons. The molecule has 0 aliphatic carbocycles. The van der Waals surface area contributed by atoms with Gasteiger partial charge in [0.25, 0.3) is 0 Å². The van der Waals surface area contributed by atoms with Crippen LogP contribution >= 0.6 is 11.3 Å². The van der Waals surface area contributed by atoms with Gasteiger partial charge in [-0.25, -0.2) is 9.78 Å². The van der Waals surface area contributed by atoms with Crippen LogP contribution in [0, 0.1) is 17.2 Å². The molecule has 0 saturated carbocycles. The minimum Gasteiger partial charge on any atom is -0.490 e. The van der Waals surface area contributed by atoms with Crippen molar-refractivity contribution in [1.29, 1.82) is 5.26 Å². The molecule has 1 aliphatic rings. The number of halogens is 3. The van der Waals surface area contributed by atoms with Crippen molar-refractivity contribution >= 4 is 23.3 Å². The Balaban J connectivity index is 0.000000646. The zero-order valence-electron chi connectivity index (χ0n) is 24.1. The molecule has 4 rings (SSSR count). The molecule has 2 heterocycles. The van der Waals surface area contributed by atoms with Crippen molar-refractivity contribution in [1.82, 2.24) is 9.88 Å². The normalized spacial score (nSPS) is 14.1. The minimum atomic E-state index is -5.08. The quantitative estimate of drug-likeness (QED) is 0.273. The Bertz CT molecular complexity index is 1460. The smallest absolute Gasteiger partial charge is 0.490 e. The van der Waals surface area contributed by atoms with Gasteiger partial charge >= 0.3 is 18.1 Å². The van der Waals surface area contributed by atoms with Crippen LogP contribution in [0.2, 0.25) is 0 Å². The maximum atomic E-state index is 11.2. The highest BCUT2D eigenvalue weighted by Crippen LogP contribution is 2.36. The molecular formula is C31H34F3N3O5S. The molecular weight excluding hydrogens is 583 g/mol. The molecule has 8 nitrogen and oxygen atoms in total. The number of benzene rings is 2. The molecule has 2 aromatic carbocycles. The summed E-state index contributed by atoms with van der Waals surface area (Å²) < 4.78 is 37.5. The summed E-state index contributed by atoms with van der Waals surface area (Å²) >= 11 is 1.64. The molecule has 3 aromatic rings. The first-order valence-corrected chi connectivity index (χ1v) is 14.7. The zero-order valence-corrected chi connectivity index (χ0v) is 25.0. The number of nitrogens with zero attached hydrogens (tertiary/aromatic N) is 3. The predicted molar refractivity (Wildman–Crippen MR) is 157 cm³/mol. The van der Waals surface area contributed by atoms with E-state index in [9.17, 15) is 28.3 Å². The summed E-state index contributed by atoms with van der Waals surface area (Å²) in [5, 5.41) is 26.8. The standard InChI is InChI=1S/C29H33N3O3S.C2HF3O2/c1-4-24-20(10-13-32-14-11-21(12-15-32)29(33)34)6-5-7-25(24)27-18-31-28(36-27)22-8-9-26(35-19(2)3)23(16-22)17-30;3-2(4,5)1(6)7/h5-9,16,18-19,21H,4,10-15H2,1-3H3,(H,33,34);(H,6,7). The monoisotopic (exact) mass is 617 g/mol. The van der Waals surface area contributed by atoms with Crippen LogP contribution in [-0.2, 0) is 22.4 Å². The molecule has 1 aromatic heterocycles. The highest BCUT2D eigenvalue weighted by Gasteiger charge is 2.38. The first-order valence-electron chi connectivity index (χ1n) is 13.9. The number of thiazole rings is 1. The number of ether oxygens (including phenoxy) is 1. The third-order valence-corrected chi connectivity index (χ3v) is 8.06. The van der Waals surface area contributed by atoms with E-state index >= 15 is 0 Å². The Morgan fingerprint density at radius 2 is 1.86 bits per heavy atom. The molecule has 0 unspecified atom stereocenters. The van der Waals surface area contributed by atoms with Gasteiger partial charge in [0, 0.05) is 18.3 Å². The summed E-state index contributed by atoms with van der Waals surface area (Å²) in [6, 6.07) is 14.4. The molecule has 0 spiro atoms. The van der Waals surface area contributed by atoms with Crippen molar-refractivity contribution in [2.75, 3.05) is 19.6 Å². The molecule has 0 atom stereocenters. The van der Waals surface area contributed by atoms with E-state index in [2.05, 4.69) is 41.1 Å². The lowest BCUT2D eigenvalue weighted by molar-refractivity contribution is -0.192. The van der Waals surface area contributed by atoms with Crippen LogP contribution < -0.4 is 4.74 Å². The van der Waals surface area contributed by atoms with E-state index in [0.29, 0.717) is 11.3 Å². The van der Waals surface area contributed by atoms with Gasteiger partial charge in [0.05, 0.1) is 22.5 Å². The fourth-order valence-electron chi connectivity index (χ4n) is 4.84. The highest BCUT2D eigenvalue weighted by atomic mass is 32.1. The Morgan fingerprint density at radius 3 is 2.42 bits per heavy atom. The second kappa shape index (κ2) is 15.0. The van der Waals surface area contributed by atoms with E-state index < -0.39 is 18.1 Å². The van der Waals surface area contributed by atoms with Gasteiger partial charge < -0.3 is 19.8 Å². The number of hydrogen-bond donors (Lipinski definition) is 2. The maximum absolute atomic E-state index is 11.2. The Kier molecular flexibility index (Phi) is 11.7. The van der Waals surface area contributed by atoms with E-state index in [4.69, 9.17) is 14.6 Å². The van der Waals surface area contributed by atoms with Gasteiger partial charge in [-0.1, -0.05) is 25.1 Å². The summed E-state index contributed by atoms with van der Waals surface area (Å²) in [4.78, 5) is 28.3. The molecule has 43 heavy (non-hydrogen) atoms. The van der Waals surface area contributed by atoms with E-state index in [0.717, 1.165) is 60.8 Å². The van der Waals surface area contributed by atoms with Crippen LogP contribution in [-0.4, -0.2) is 64.0 Å². The van der Waals surface area contributed by atoms with E-state index in [1.165, 1.54) is 16.7 Å². The average molecular weight is 618 g/mol. The Hall–Kier alpha value is -3.95. The largest absolute Gasteiger partial charge is 0.490 e. The van der Waals surface area contributed by atoms with Crippen LogP contribution in [0.25, 0.3) is 21.0 Å². The van der Waals surface area contributed by atoms with Gasteiger partial charge in [0.1, 0.15) is 16.8 Å². The van der Waals surface area contributed by atoms with Crippen molar-refractivity contribution in [3.05, 3.63) is 59.3 Å². The van der Waals surface area contributed by atoms with Crippen LogP contribution in [0.4, 0.5) is 13.2 Å². The Labute approximate surface area is 252 Å². The van der Waals surface area contributed by atoms with Gasteiger partial charge in [-0.3, -0.25) is 4.79 Å². The van der Waals surface area contributed by atoms with E-state index in [-0.39, 0.29) is 12.0 Å². The number of carboxylic acid groups (broad SMARTS) is 2. The van der Waals surface area contributed by atoms with E-state index in [1.807, 2.05) is 38.2 Å². The van der Waals surface area contributed by atoms with Crippen molar-refractivity contribution in [2.45, 2.75) is 58.7 Å². The topological polar surface area (TPSA) is 124 Å². The minimum absolute atomic E-state index is 0.00530. The lowest BCUT2D eigenvalue weighted by Crippen LogP contribution is -2.37. The third-order valence-electron chi connectivity index (χ3n) is 6.98. The number of hydrogen-bond acceptors (Lipinski definition) is 7. The molecule has 0 bridgehead atoms. The zero-order chi connectivity index (χ0) is 31.7. The van der Waals surface area contributed by atoms with Gasteiger partial charge in [-0.05, 0) is 87.5 Å². The van der Waals surface area contributed by atoms with Crippen molar-refractivity contribution in [3.63, 3.8) is 0 Å². The molecule has 2 N–H and O–H groups in total. The van der Waals surface area contributed by atoms with Crippen molar-refractivity contribution in [2.24, 2.45) is 5.92 Å². The predicted octanol–water partition coefficient (Wildman–Crippen LogP) is 6.67. The van der Waals surface area contributed by atoms with Crippen molar-refractivity contribution in [3.8, 4) is 32.8 Å². The highest BCUT2D eigenvalue weighted by molar-refractivity contribution is 7.18. The Morgan fingerprint density at radius 1 is 1.19 bits per heavy atom. The molecule has 12 heteroatoms. The number of rotatable bonds is 9. The number of nitriles is 1. The van der Waals surface area contributed by atoms with Gasteiger partial charge in [0.15, 0.2) is 0 Å². The number of piperidine rings is 1. The first kappa shape index (κ1) is 33.6. The summed E-state index contributed by atoms with van der Waals surface area (Å²) in [6.45, 7) is 8.73. The summed E-state index contributed by atoms with van der Waals surface area (Å²) in [5.41, 5.74) is 5.32. The second-order valence-corrected chi connectivity index (χ2v) is 11.4. The number of carbonyl (C=O) groups is 2. The number of aliphatic carboxylic acids is 2. The summed E-state index contributed by atoms with van der Waals surface area (Å²) in [5.74, 6) is -3.02. The average Bonchev–Trinajstić information content (AvgIpc) is 3.46. The fraction of sp³-hybridized carbons (Fsp3) is 0.419. The number of carboxylic acids is 2. The third kappa shape index (κ3) is 9.27. The van der Waals surface area contributed by atoms with E-state index in [1.54, 1.807) is 11.3 Å². The van der Waals surface area contributed by atoms with Gasteiger partial charge in [-0.2, -0.15) is 18.4 Å². The van der Waals surface area contributed by atoms with Gasteiger partial charge in [0.2, 0.25) is 0 Å². The maximum Gasteiger partial charge on any atom is 0.490 e. The van der Waals surface area contributed by atoms with Gasteiger partial charge in [-0.15, -0.1) is 11.3 Å². The van der Waals surface area contributed by atoms with Crippen LogP contribution in [0.1, 0.15) is 50.3 Å². The van der Waals surface area contributed by atoms with Crippen LogP contribution in [0.15, 0.2) is 42.6 Å². The fourth-order valence-corrected chi connectivity index (χ4v) is 5.80. The molecule has 0 radical (unpaired) electrons. The number of aromatic nitrogens is 1. The van der Waals surface area contributed by atoms with Crippen LogP contribution in [0.5, 0.6) is 5.75 Å². The van der Waals surface area contributed by atoms with Crippen LogP contribution in [0.3, 0.4) is 0 Å². The summed E-state index contributed by atoms with van der Waals surface area (Å²) in [6.07, 6.45) is 0.198. The summed E-state index contributed by atoms with van der Waals surface area (Å²) in [7, 11) is 0.